The van der Waals surface area contributed by atoms with Gasteiger partial charge in [0.1, 0.15) is 5.75 Å². The van der Waals surface area contributed by atoms with Gasteiger partial charge in [-0.15, -0.1) is 0 Å². The van der Waals surface area contributed by atoms with Gasteiger partial charge in [-0.05, 0) is 30.0 Å². The van der Waals surface area contributed by atoms with E-state index < -0.39 is 0 Å². The Morgan fingerprint density at radius 3 is 2.58 bits per heavy atom. The lowest BCUT2D eigenvalue weighted by Crippen LogP contribution is -2.43. The van der Waals surface area contributed by atoms with Crippen molar-refractivity contribution in [3.8, 4) is 5.75 Å². The summed E-state index contributed by atoms with van der Waals surface area (Å²) in [7, 11) is 1.70. The van der Waals surface area contributed by atoms with Gasteiger partial charge in [-0.25, -0.2) is 0 Å². The minimum atomic E-state index is 0.0595. The Labute approximate surface area is 115 Å². The molecule has 1 aromatic carbocycles. The smallest absolute Gasteiger partial charge is 0.228 e. The highest BCUT2D eigenvalue weighted by Gasteiger charge is 2.29. The average molecular weight is 261 g/mol. The highest BCUT2D eigenvalue weighted by molar-refractivity contribution is 5.99. The molecule has 0 atom stereocenters. The molecule has 0 aliphatic carbocycles. The standard InChI is InChI=1S/C16H23NO2/c1-5-9-16(2,3)13-11-12(6-7-14(13)19-4)17-10-8-15(17)18/h6-7,11H,5,8-10H2,1-4H3. The first-order chi connectivity index (χ1) is 8.99. The first-order valence-corrected chi connectivity index (χ1v) is 6.98. The molecule has 1 aromatic rings. The number of methoxy groups -OCH3 is 1. The first kappa shape index (κ1) is 13.9. The van der Waals surface area contributed by atoms with Gasteiger partial charge in [0.05, 0.1) is 7.11 Å². The number of nitrogens with zero attached hydrogens (tertiary/aromatic N) is 1. The van der Waals surface area contributed by atoms with E-state index in [1.165, 1.54) is 5.56 Å². The normalized spacial score (nSPS) is 15.4. The molecule has 1 aliphatic rings. The predicted molar refractivity (Wildman–Crippen MR) is 77.9 cm³/mol. The average Bonchev–Trinajstić information content (AvgIpc) is 2.37. The number of amides is 1. The van der Waals surface area contributed by atoms with Crippen LogP contribution in [-0.4, -0.2) is 19.6 Å². The summed E-state index contributed by atoms with van der Waals surface area (Å²) >= 11 is 0. The SMILES string of the molecule is CCCC(C)(C)c1cc(N2CCC2=O)ccc1OC. The lowest BCUT2D eigenvalue weighted by atomic mass is 9.80. The second-order valence-electron chi connectivity index (χ2n) is 5.81. The quantitative estimate of drug-likeness (QED) is 0.759. The summed E-state index contributed by atoms with van der Waals surface area (Å²) in [5.74, 6) is 1.12. The van der Waals surface area contributed by atoms with Gasteiger partial charge in [0.2, 0.25) is 5.91 Å². The highest BCUT2D eigenvalue weighted by Crippen LogP contribution is 2.38. The Morgan fingerprint density at radius 1 is 1.37 bits per heavy atom. The van der Waals surface area contributed by atoms with Crippen molar-refractivity contribution in [2.75, 3.05) is 18.6 Å². The van der Waals surface area contributed by atoms with E-state index in [-0.39, 0.29) is 11.3 Å². The summed E-state index contributed by atoms with van der Waals surface area (Å²) in [5.41, 5.74) is 2.24. The van der Waals surface area contributed by atoms with Gasteiger partial charge in [-0.1, -0.05) is 27.2 Å². The Kier molecular flexibility index (Phi) is 3.83. The number of hydrogen-bond acceptors (Lipinski definition) is 2. The molecule has 0 N–H and O–H groups in total. The molecule has 3 nitrogen and oxygen atoms in total. The molecule has 1 heterocycles. The summed E-state index contributed by atoms with van der Waals surface area (Å²) < 4.78 is 5.49. The largest absolute Gasteiger partial charge is 0.496 e. The molecule has 2 rings (SSSR count). The fraction of sp³-hybridized carbons (Fsp3) is 0.562. The van der Waals surface area contributed by atoms with Gasteiger partial charge >= 0.3 is 0 Å². The summed E-state index contributed by atoms with van der Waals surface area (Å²) in [6.07, 6.45) is 2.89. The van der Waals surface area contributed by atoms with Crippen LogP contribution < -0.4 is 9.64 Å². The van der Waals surface area contributed by atoms with E-state index in [0.29, 0.717) is 6.42 Å². The van der Waals surface area contributed by atoms with Gasteiger partial charge in [-0.3, -0.25) is 4.79 Å². The number of anilines is 1. The van der Waals surface area contributed by atoms with Crippen molar-refractivity contribution in [1.82, 2.24) is 0 Å². The molecule has 3 heteroatoms. The van der Waals surface area contributed by atoms with Gasteiger partial charge in [0.15, 0.2) is 0 Å². The van der Waals surface area contributed by atoms with Crippen molar-refractivity contribution >= 4 is 11.6 Å². The number of hydrogen-bond donors (Lipinski definition) is 0. The molecule has 0 unspecified atom stereocenters. The Bertz CT molecular complexity index is 480. The van der Waals surface area contributed by atoms with E-state index in [1.807, 2.05) is 17.0 Å². The van der Waals surface area contributed by atoms with Crippen LogP contribution in [-0.2, 0) is 10.2 Å². The molecule has 1 aliphatic heterocycles. The Hall–Kier alpha value is -1.51. The summed E-state index contributed by atoms with van der Waals surface area (Å²) in [6, 6.07) is 6.07. The third kappa shape index (κ3) is 2.60. The third-order valence-electron chi connectivity index (χ3n) is 3.95. The molecule has 104 valence electrons. The van der Waals surface area contributed by atoms with Crippen LogP contribution in [0.3, 0.4) is 0 Å². The molecule has 1 saturated heterocycles. The maximum absolute atomic E-state index is 11.6. The molecule has 0 aromatic heterocycles. The number of carbonyl (C=O) groups excluding carboxylic acids is 1. The Morgan fingerprint density at radius 2 is 2.11 bits per heavy atom. The minimum Gasteiger partial charge on any atom is -0.496 e. The molecular weight excluding hydrogens is 238 g/mol. The zero-order valence-corrected chi connectivity index (χ0v) is 12.3. The molecule has 1 fully saturated rings. The topological polar surface area (TPSA) is 29.5 Å². The predicted octanol–water partition coefficient (Wildman–Crippen LogP) is 3.51. The summed E-state index contributed by atoms with van der Waals surface area (Å²) in [5, 5.41) is 0. The van der Waals surface area contributed by atoms with E-state index >= 15 is 0 Å². The van der Waals surface area contributed by atoms with Crippen molar-refractivity contribution in [3.63, 3.8) is 0 Å². The molecule has 0 bridgehead atoms. The first-order valence-electron chi connectivity index (χ1n) is 6.98. The fourth-order valence-corrected chi connectivity index (χ4v) is 2.74. The van der Waals surface area contributed by atoms with Crippen LogP contribution in [0.15, 0.2) is 18.2 Å². The number of β-lactam (4-membered cyclic amide) rings is 1. The molecule has 0 radical (unpaired) electrons. The van der Waals surface area contributed by atoms with Gasteiger partial charge in [0.25, 0.3) is 0 Å². The number of ether oxygens (including phenoxy) is 1. The molecule has 0 saturated carbocycles. The maximum Gasteiger partial charge on any atom is 0.228 e. The van der Waals surface area contributed by atoms with E-state index in [0.717, 1.165) is 30.8 Å². The van der Waals surface area contributed by atoms with E-state index in [4.69, 9.17) is 4.74 Å². The van der Waals surface area contributed by atoms with Crippen LogP contribution in [0, 0.1) is 0 Å². The highest BCUT2D eigenvalue weighted by atomic mass is 16.5. The van der Waals surface area contributed by atoms with Gasteiger partial charge in [0, 0.05) is 24.2 Å². The minimum absolute atomic E-state index is 0.0595. The van der Waals surface area contributed by atoms with Crippen molar-refractivity contribution in [2.24, 2.45) is 0 Å². The van der Waals surface area contributed by atoms with Crippen LogP contribution >= 0.6 is 0 Å². The van der Waals surface area contributed by atoms with Crippen LogP contribution in [0.25, 0.3) is 0 Å². The van der Waals surface area contributed by atoms with Gasteiger partial charge < -0.3 is 9.64 Å². The van der Waals surface area contributed by atoms with Crippen molar-refractivity contribution in [2.45, 2.75) is 45.4 Å². The van der Waals surface area contributed by atoms with Crippen molar-refractivity contribution in [1.29, 1.82) is 0 Å². The molecule has 19 heavy (non-hydrogen) atoms. The van der Waals surface area contributed by atoms with Crippen LogP contribution in [0.1, 0.15) is 45.6 Å². The lowest BCUT2D eigenvalue weighted by Gasteiger charge is -2.33. The van der Waals surface area contributed by atoms with Crippen molar-refractivity contribution < 1.29 is 9.53 Å². The molecule has 0 spiro atoms. The van der Waals surface area contributed by atoms with Gasteiger partial charge in [-0.2, -0.15) is 0 Å². The monoisotopic (exact) mass is 261 g/mol. The van der Waals surface area contributed by atoms with E-state index in [9.17, 15) is 4.79 Å². The number of rotatable bonds is 5. The van der Waals surface area contributed by atoms with Crippen LogP contribution in [0.4, 0.5) is 5.69 Å². The second-order valence-corrected chi connectivity index (χ2v) is 5.81. The Balaban J connectivity index is 2.39. The molecular formula is C16H23NO2. The van der Waals surface area contributed by atoms with Crippen LogP contribution in [0.2, 0.25) is 0 Å². The van der Waals surface area contributed by atoms with Crippen molar-refractivity contribution in [3.05, 3.63) is 23.8 Å². The van der Waals surface area contributed by atoms with E-state index in [2.05, 4.69) is 26.8 Å². The number of carbonyl (C=O) groups is 1. The molecule has 1 amide bonds. The summed E-state index contributed by atoms with van der Waals surface area (Å²) in [6.45, 7) is 7.49. The van der Waals surface area contributed by atoms with Crippen LogP contribution in [0.5, 0.6) is 5.75 Å². The zero-order valence-electron chi connectivity index (χ0n) is 12.3. The summed E-state index contributed by atoms with van der Waals surface area (Å²) in [4.78, 5) is 13.4. The van der Waals surface area contributed by atoms with E-state index in [1.54, 1.807) is 7.11 Å². The lowest BCUT2D eigenvalue weighted by molar-refractivity contribution is -0.122. The number of benzene rings is 1. The third-order valence-corrected chi connectivity index (χ3v) is 3.95. The maximum atomic E-state index is 11.6. The fourth-order valence-electron chi connectivity index (χ4n) is 2.74. The second kappa shape index (κ2) is 5.24. The zero-order chi connectivity index (χ0) is 14.0.